The van der Waals surface area contributed by atoms with Crippen molar-refractivity contribution in [3.8, 4) is 0 Å². The highest BCUT2D eigenvalue weighted by Gasteiger charge is 2.24. The van der Waals surface area contributed by atoms with E-state index in [0.29, 0.717) is 23.7 Å². The maximum absolute atomic E-state index is 11.0. The summed E-state index contributed by atoms with van der Waals surface area (Å²) in [6.45, 7) is 0.350. The number of methoxy groups -OCH3 is 1. The van der Waals surface area contributed by atoms with Crippen LogP contribution in [0, 0.1) is 10.1 Å². The average molecular weight is 256 g/mol. The maximum Gasteiger partial charge on any atom is 0.351 e. The lowest BCUT2D eigenvalue weighted by Gasteiger charge is -2.07. The number of hydrogen-bond donors (Lipinski definition) is 1. The van der Waals surface area contributed by atoms with Crippen molar-refractivity contribution < 1.29 is 9.66 Å². The number of nitro groups is 1. The Morgan fingerprint density at radius 3 is 3.18 bits per heavy atom. The number of thiazole rings is 1. The molecule has 1 atom stereocenters. The minimum absolute atomic E-state index is 0.00666. The molecule has 7 nitrogen and oxygen atoms in total. The molecule has 2 aromatic heterocycles. The fraction of sp³-hybridized carbons (Fsp3) is 0.444. The lowest BCUT2D eigenvalue weighted by Crippen LogP contribution is -2.28. The summed E-state index contributed by atoms with van der Waals surface area (Å²) in [6, 6.07) is -0.289. The van der Waals surface area contributed by atoms with Crippen molar-refractivity contribution in [3.63, 3.8) is 0 Å². The summed E-state index contributed by atoms with van der Waals surface area (Å²) in [4.78, 5) is 15.4. The van der Waals surface area contributed by atoms with Gasteiger partial charge in [-0.2, -0.15) is 9.38 Å². The molecule has 0 spiro atoms. The molecule has 0 fully saturated rings. The van der Waals surface area contributed by atoms with Gasteiger partial charge in [0.1, 0.15) is 11.9 Å². The van der Waals surface area contributed by atoms with Crippen LogP contribution in [0.4, 0.5) is 5.82 Å². The number of rotatable bonds is 5. The third kappa shape index (κ3) is 2.28. The molecule has 92 valence electrons. The van der Waals surface area contributed by atoms with E-state index in [9.17, 15) is 10.1 Å². The van der Waals surface area contributed by atoms with Crippen molar-refractivity contribution in [1.29, 1.82) is 0 Å². The van der Waals surface area contributed by atoms with E-state index in [4.69, 9.17) is 10.5 Å². The average Bonchev–Trinajstić information content (AvgIpc) is 2.76. The van der Waals surface area contributed by atoms with Crippen LogP contribution in [-0.4, -0.2) is 34.1 Å². The van der Waals surface area contributed by atoms with Crippen LogP contribution in [0.1, 0.15) is 5.69 Å². The first kappa shape index (κ1) is 12.0. The number of hydrogen-bond acceptors (Lipinski definition) is 6. The lowest BCUT2D eigenvalue weighted by molar-refractivity contribution is -0.391. The van der Waals surface area contributed by atoms with Crippen LogP contribution in [0.15, 0.2) is 11.6 Å². The molecule has 0 aromatic carbocycles. The second-order valence-electron chi connectivity index (χ2n) is 3.61. The summed E-state index contributed by atoms with van der Waals surface area (Å²) in [5, 5.41) is 12.8. The van der Waals surface area contributed by atoms with Crippen LogP contribution >= 0.6 is 11.3 Å². The largest absolute Gasteiger partial charge is 0.383 e. The number of fused-ring (bicyclic) bond motifs is 1. The molecular weight excluding hydrogens is 244 g/mol. The summed E-state index contributed by atoms with van der Waals surface area (Å²) in [5.74, 6) is -0.00666. The number of nitrogens with zero attached hydrogens (tertiary/aromatic N) is 3. The highest BCUT2D eigenvalue weighted by molar-refractivity contribution is 7.15. The highest BCUT2D eigenvalue weighted by atomic mass is 32.1. The van der Waals surface area contributed by atoms with E-state index in [1.807, 2.05) is 0 Å². The Morgan fingerprint density at radius 1 is 1.76 bits per heavy atom. The van der Waals surface area contributed by atoms with Gasteiger partial charge in [0.2, 0.25) is 0 Å². The Labute approximate surface area is 101 Å². The van der Waals surface area contributed by atoms with E-state index in [0.717, 1.165) is 0 Å². The fourth-order valence-corrected chi connectivity index (χ4v) is 2.40. The molecule has 0 saturated carbocycles. The first-order valence-corrected chi connectivity index (χ1v) is 5.84. The van der Waals surface area contributed by atoms with Crippen molar-refractivity contribution in [2.24, 2.45) is 5.73 Å². The molecule has 0 aliphatic carbocycles. The molecule has 2 rings (SSSR count). The molecule has 0 radical (unpaired) electrons. The van der Waals surface area contributed by atoms with Crippen molar-refractivity contribution in [2.45, 2.75) is 12.5 Å². The standard InChI is InChI=1S/C9H12N4O3S/c1-16-5-6(10)4-7-8(13(14)15)12-2-3-17-9(12)11-7/h2-3,6H,4-5,10H2,1H3. The van der Waals surface area contributed by atoms with Gasteiger partial charge in [-0.15, -0.1) is 0 Å². The van der Waals surface area contributed by atoms with Crippen LogP contribution in [-0.2, 0) is 11.2 Å². The summed E-state index contributed by atoms with van der Waals surface area (Å²) in [7, 11) is 1.54. The third-order valence-corrected chi connectivity index (χ3v) is 3.07. The zero-order valence-corrected chi connectivity index (χ0v) is 10.0. The number of nitrogens with two attached hydrogens (primary N) is 1. The maximum atomic E-state index is 11.0. The second-order valence-corrected chi connectivity index (χ2v) is 4.49. The molecule has 2 heterocycles. The van der Waals surface area contributed by atoms with E-state index in [-0.39, 0.29) is 11.9 Å². The SMILES string of the molecule is COCC(N)Cc1nc2sccn2c1[N+](=O)[O-]. The second kappa shape index (κ2) is 4.78. The highest BCUT2D eigenvalue weighted by Crippen LogP contribution is 2.24. The summed E-state index contributed by atoms with van der Waals surface area (Å²) in [5.41, 5.74) is 6.19. The zero-order chi connectivity index (χ0) is 12.4. The third-order valence-electron chi connectivity index (χ3n) is 2.32. The fourth-order valence-electron chi connectivity index (χ4n) is 1.67. The first-order valence-electron chi connectivity index (χ1n) is 4.96. The van der Waals surface area contributed by atoms with Gasteiger partial charge in [-0.05, 0) is 4.92 Å². The monoisotopic (exact) mass is 256 g/mol. The molecule has 0 aliphatic rings. The van der Waals surface area contributed by atoms with E-state index in [2.05, 4.69) is 4.98 Å². The van der Waals surface area contributed by atoms with Gasteiger partial charge in [0, 0.05) is 25.0 Å². The predicted octanol–water partition coefficient (Wildman–Crippen LogP) is 0.820. The number of imidazole rings is 1. The smallest absolute Gasteiger partial charge is 0.351 e. The van der Waals surface area contributed by atoms with Crippen molar-refractivity contribution >= 4 is 22.1 Å². The molecule has 8 heteroatoms. The molecule has 0 aliphatic heterocycles. The summed E-state index contributed by atoms with van der Waals surface area (Å²) in [6.07, 6.45) is 1.97. The molecule has 17 heavy (non-hydrogen) atoms. The van der Waals surface area contributed by atoms with E-state index >= 15 is 0 Å². The first-order chi connectivity index (χ1) is 8.13. The van der Waals surface area contributed by atoms with E-state index < -0.39 is 4.92 Å². The predicted molar refractivity (Wildman–Crippen MR) is 63.3 cm³/mol. The number of ether oxygens (including phenoxy) is 1. The normalized spacial score (nSPS) is 13.1. The molecule has 0 saturated heterocycles. The van der Waals surface area contributed by atoms with Crippen molar-refractivity contribution in [2.75, 3.05) is 13.7 Å². The Balaban J connectivity index is 2.35. The van der Waals surface area contributed by atoms with Crippen LogP contribution in [0.3, 0.4) is 0 Å². The Bertz CT molecular complexity index is 535. The molecule has 0 amide bonds. The topological polar surface area (TPSA) is 95.7 Å². The number of aromatic nitrogens is 2. The molecule has 2 aromatic rings. The quantitative estimate of drug-likeness (QED) is 0.631. The molecular formula is C9H12N4O3S. The van der Waals surface area contributed by atoms with Crippen LogP contribution < -0.4 is 5.73 Å². The van der Waals surface area contributed by atoms with Crippen molar-refractivity contribution in [1.82, 2.24) is 9.38 Å². The van der Waals surface area contributed by atoms with Gasteiger partial charge in [-0.25, -0.2) is 0 Å². The van der Waals surface area contributed by atoms with Crippen LogP contribution in [0.2, 0.25) is 0 Å². The van der Waals surface area contributed by atoms with Gasteiger partial charge in [-0.1, -0.05) is 11.3 Å². The van der Waals surface area contributed by atoms with Crippen LogP contribution in [0.25, 0.3) is 4.96 Å². The Hall–Kier alpha value is -1.51. The van der Waals surface area contributed by atoms with Gasteiger partial charge in [0.25, 0.3) is 4.96 Å². The van der Waals surface area contributed by atoms with E-state index in [1.54, 1.807) is 18.7 Å². The van der Waals surface area contributed by atoms with Gasteiger partial charge < -0.3 is 20.6 Å². The van der Waals surface area contributed by atoms with Gasteiger partial charge >= 0.3 is 5.82 Å². The Kier molecular flexibility index (Phi) is 3.36. The lowest BCUT2D eigenvalue weighted by atomic mass is 10.2. The van der Waals surface area contributed by atoms with Crippen molar-refractivity contribution in [3.05, 3.63) is 27.4 Å². The Morgan fingerprint density at radius 2 is 2.53 bits per heavy atom. The summed E-state index contributed by atoms with van der Waals surface area (Å²) >= 11 is 1.36. The minimum Gasteiger partial charge on any atom is -0.383 e. The molecule has 1 unspecified atom stereocenters. The zero-order valence-electron chi connectivity index (χ0n) is 9.20. The molecule has 0 bridgehead atoms. The van der Waals surface area contributed by atoms with Gasteiger partial charge in [0.05, 0.1) is 6.61 Å². The van der Waals surface area contributed by atoms with Gasteiger partial charge in [0.15, 0.2) is 0 Å². The molecule has 2 N–H and O–H groups in total. The van der Waals surface area contributed by atoms with E-state index in [1.165, 1.54) is 15.7 Å². The van der Waals surface area contributed by atoms with Crippen LogP contribution in [0.5, 0.6) is 0 Å². The summed E-state index contributed by atoms with van der Waals surface area (Å²) < 4.78 is 6.38. The minimum atomic E-state index is -0.429. The van der Waals surface area contributed by atoms with Gasteiger partial charge in [-0.3, -0.25) is 0 Å².